The predicted molar refractivity (Wildman–Crippen MR) is 77.5 cm³/mol. The molecule has 0 aromatic rings. The highest BCUT2D eigenvalue weighted by Crippen LogP contribution is 2.13. The molecule has 1 atom stereocenters. The van der Waals surface area contributed by atoms with Gasteiger partial charge in [-0.25, -0.2) is 4.79 Å². The molecule has 0 aliphatic rings. The zero-order valence-corrected chi connectivity index (χ0v) is 13.7. The second-order valence-corrected chi connectivity index (χ2v) is 5.81. The first-order valence-electron chi connectivity index (χ1n) is 5.87. The average molecular weight is 371 g/mol. The van der Waals surface area contributed by atoms with E-state index in [9.17, 15) is 9.59 Å². The van der Waals surface area contributed by atoms with Crippen molar-refractivity contribution in [2.75, 3.05) is 11.2 Å². The van der Waals surface area contributed by atoms with E-state index in [4.69, 9.17) is 9.47 Å². The van der Waals surface area contributed by atoms with Crippen molar-refractivity contribution in [2.45, 2.75) is 40.2 Å². The van der Waals surface area contributed by atoms with E-state index >= 15 is 0 Å². The minimum absolute atomic E-state index is 0.124. The molecular weight excluding hydrogens is 349 g/mol. The summed E-state index contributed by atoms with van der Waals surface area (Å²) in [5, 5.41) is 2.64. The van der Waals surface area contributed by atoms with Gasteiger partial charge in [0, 0.05) is 0 Å². The molecule has 0 rings (SSSR count). The van der Waals surface area contributed by atoms with E-state index in [1.54, 1.807) is 13.8 Å². The lowest BCUT2D eigenvalue weighted by Crippen LogP contribution is -2.47. The van der Waals surface area contributed by atoms with Crippen LogP contribution in [-0.4, -0.2) is 28.8 Å². The zero-order chi connectivity index (χ0) is 14.3. The van der Waals surface area contributed by atoms with E-state index in [2.05, 4.69) is 5.32 Å². The fourth-order valence-electron chi connectivity index (χ4n) is 1.05. The Morgan fingerprint density at radius 2 is 1.78 bits per heavy atom. The van der Waals surface area contributed by atoms with Gasteiger partial charge in [-0.15, -0.1) is 0 Å². The molecule has 106 valence electrons. The Bertz CT molecular complexity index is 292. The number of alkyl carbamates (subject to hydrolysis) is 1. The molecule has 1 unspecified atom stereocenters. The maximum absolute atomic E-state index is 11.7. The minimum atomic E-state index is -0.644. The van der Waals surface area contributed by atoms with Crippen LogP contribution in [0.1, 0.15) is 34.6 Å². The molecule has 18 heavy (non-hydrogen) atoms. The number of carbonyl (C=O) groups excluding carboxylic acids is 2. The smallest absolute Gasteiger partial charge is 0.408 e. The van der Waals surface area contributed by atoms with Crippen LogP contribution >= 0.6 is 22.6 Å². The Hall–Kier alpha value is -0.530. The first-order chi connectivity index (χ1) is 8.19. The number of amides is 1. The number of esters is 1. The normalized spacial score (nSPS) is 13.1. The summed E-state index contributed by atoms with van der Waals surface area (Å²) in [6, 6.07) is 0. The Morgan fingerprint density at radius 3 is 2.22 bits per heavy atom. The lowest BCUT2D eigenvalue weighted by molar-refractivity contribution is -0.151. The van der Waals surface area contributed by atoms with Crippen LogP contribution in [0.15, 0.2) is 0 Å². The highest BCUT2D eigenvalue weighted by atomic mass is 127. The Morgan fingerprint density at radius 1 is 1.22 bits per heavy atom. The van der Waals surface area contributed by atoms with Crippen molar-refractivity contribution in [3.05, 3.63) is 0 Å². The Balaban J connectivity index is 4.18. The predicted octanol–water partition coefficient (Wildman–Crippen LogP) is 2.72. The monoisotopic (exact) mass is 371 g/mol. The standard InChI is InChI=1S/C12H22INO4/c1-8(2)9(3)10(15)17-6-12(4,5)14-11(16)18-7-13/h8-9H,6-7H2,1-5H3,(H,14,16). The highest BCUT2D eigenvalue weighted by Gasteiger charge is 2.25. The quantitative estimate of drug-likeness (QED) is 0.443. The van der Waals surface area contributed by atoms with E-state index in [1.165, 1.54) is 0 Å². The molecule has 0 radical (unpaired) electrons. The molecule has 0 aromatic carbocycles. The van der Waals surface area contributed by atoms with Crippen LogP contribution in [0.4, 0.5) is 4.79 Å². The first kappa shape index (κ1) is 17.5. The van der Waals surface area contributed by atoms with Crippen molar-refractivity contribution >= 4 is 34.7 Å². The number of alkyl halides is 1. The van der Waals surface area contributed by atoms with Crippen LogP contribution in [0.2, 0.25) is 0 Å². The van der Waals surface area contributed by atoms with Gasteiger partial charge in [0.05, 0.1) is 11.5 Å². The van der Waals surface area contributed by atoms with Gasteiger partial charge in [-0.05, 0) is 42.4 Å². The topological polar surface area (TPSA) is 64.6 Å². The van der Waals surface area contributed by atoms with E-state index in [1.807, 2.05) is 43.4 Å². The average Bonchev–Trinajstić information content (AvgIpc) is 2.24. The van der Waals surface area contributed by atoms with Crippen LogP contribution in [-0.2, 0) is 14.3 Å². The summed E-state index contributed by atoms with van der Waals surface area (Å²) in [5.74, 6) is -0.165. The lowest BCUT2D eigenvalue weighted by Gasteiger charge is -2.26. The second-order valence-electron chi connectivity index (χ2n) is 5.19. The van der Waals surface area contributed by atoms with Gasteiger partial charge in [-0.1, -0.05) is 20.8 Å². The number of carbonyl (C=O) groups is 2. The van der Waals surface area contributed by atoms with Gasteiger partial charge in [0.1, 0.15) is 11.2 Å². The molecule has 0 aliphatic carbocycles. The SMILES string of the molecule is CC(C)C(C)C(=O)OCC(C)(C)NC(=O)OCI. The third-order valence-electron chi connectivity index (χ3n) is 2.57. The maximum Gasteiger partial charge on any atom is 0.408 e. The van der Waals surface area contributed by atoms with E-state index in [0.717, 1.165) is 0 Å². The largest absolute Gasteiger partial charge is 0.463 e. The fraction of sp³-hybridized carbons (Fsp3) is 0.833. The highest BCUT2D eigenvalue weighted by molar-refractivity contribution is 14.1. The molecule has 0 saturated heterocycles. The molecule has 1 amide bonds. The third kappa shape index (κ3) is 7.03. The van der Waals surface area contributed by atoms with Crippen molar-refractivity contribution in [1.82, 2.24) is 5.32 Å². The zero-order valence-electron chi connectivity index (χ0n) is 11.6. The molecule has 0 aromatic heterocycles. The van der Waals surface area contributed by atoms with E-state index in [-0.39, 0.29) is 29.0 Å². The van der Waals surface area contributed by atoms with Crippen molar-refractivity contribution in [2.24, 2.45) is 11.8 Å². The number of nitrogens with one attached hydrogen (secondary N) is 1. The van der Waals surface area contributed by atoms with Crippen molar-refractivity contribution < 1.29 is 19.1 Å². The molecule has 6 heteroatoms. The summed E-state index contributed by atoms with van der Waals surface area (Å²) in [6.45, 7) is 9.43. The lowest BCUT2D eigenvalue weighted by atomic mass is 9.98. The molecule has 0 saturated carbocycles. The van der Waals surface area contributed by atoms with Gasteiger partial charge < -0.3 is 14.8 Å². The molecule has 0 aliphatic heterocycles. The van der Waals surface area contributed by atoms with Crippen molar-refractivity contribution in [3.63, 3.8) is 0 Å². The van der Waals surface area contributed by atoms with E-state index < -0.39 is 11.6 Å². The maximum atomic E-state index is 11.7. The Kier molecular flexibility index (Phi) is 7.58. The molecule has 0 bridgehead atoms. The number of hydrogen-bond acceptors (Lipinski definition) is 4. The van der Waals surface area contributed by atoms with Gasteiger partial charge in [-0.3, -0.25) is 4.79 Å². The summed E-state index contributed by atoms with van der Waals surface area (Å²) in [6.07, 6.45) is -0.512. The third-order valence-corrected chi connectivity index (χ3v) is 2.88. The van der Waals surface area contributed by atoms with Gasteiger partial charge in [0.2, 0.25) is 0 Å². The van der Waals surface area contributed by atoms with Gasteiger partial charge in [-0.2, -0.15) is 0 Å². The van der Waals surface area contributed by atoms with E-state index in [0.29, 0.717) is 0 Å². The molecule has 0 fully saturated rings. The summed E-state index contributed by atoms with van der Waals surface area (Å²) >= 11 is 1.93. The van der Waals surface area contributed by atoms with Crippen LogP contribution in [0.5, 0.6) is 0 Å². The minimum Gasteiger partial charge on any atom is -0.463 e. The van der Waals surface area contributed by atoms with Crippen molar-refractivity contribution in [1.29, 1.82) is 0 Å². The summed E-state index contributed by atoms with van der Waals surface area (Å²) < 4.78 is 10.2. The number of hydrogen-bond donors (Lipinski definition) is 1. The molecule has 0 spiro atoms. The molecular formula is C12H22INO4. The number of halogens is 1. The fourth-order valence-corrected chi connectivity index (χ4v) is 1.34. The van der Waals surface area contributed by atoms with Crippen LogP contribution in [0, 0.1) is 11.8 Å². The molecule has 5 nitrogen and oxygen atoms in total. The number of ether oxygens (including phenoxy) is 2. The summed E-state index contributed by atoms with van der Waals surface area (Å²) in [7, 11) is 0. The molecule has 1 N–H and O–H groups in total. The van der Waals surface area contributed by atoms with Crippen LogP contribution < -0.4 is 5.32 Å². The second kappa shape index (κ2) is 7.81. The van der Waals surface area contributed by atoms with Crippen LogP contribution in [0.3, 0.4) is 0 Å². The van der Waals surface area contributed by atoms with Gasteiger partial charge in [0.25, 0.3) is 0 Å². The van der Waals surface area contributed by atoms with Crippen molar-refractivity contribution in [3.8, 4) is 0 Å². The Labute approximate surface area is 122 Å². The molecule has 0 heterocycles. The van der Waals surface area contributed by atoms with Gasteiger partial charge >= 0.3 is 12.1 Å². The number of rotatable bonds is 6. The summed E-state index contributed by atoms with van der Waals surface area (Å²) in [4.78, 5) is 22.9. The van der Waals surface area contributed by atoms with Gasteiger partial charge in [0.15, 0.2) is 0 Å². The van der Waals surface area contributed by atoms with Crippen LogP contribution in [0.25, 0.3) is 0 Å². The summed E-state index contributed by atoms with van der Waals surface area (Å²) in [5.41, 5.74) is -0.644. The first-order valence-corrected chi connectivity index (χ1v) is 7.39.